The summed E-state index contributed by atoms with van der Waals surface area (Å²) in [6.45, 7) is 0.316. The van der Waals surface area contributed by atoms with Gasteiger partial charge in [-0.3, -0.25) is 4.40 Å². The van der Waals surface area contributed by atoms with Gasteiger partial charge in [-0.05, 0) is 12.1 Å². The molecule has 114 valence electrons. The highest BCUT2D eigenvalue weighted by Crippen LogP contribution is 2.26. The Hall–Kier alpha value is -1.19. The van der Waals surface area contributed by atoms with Crippen molar-refractivity contribution < 1.29 is 18.3 Å². The van der Waals surface area contributed by atoms with E-state index in [1.165, 1.54) is 8.71 Å². The van der Waals surface area contributed by atoms with Crippen LogP contribution in [-0.2, 0) is 14.8 Å². The minimum atomic E-state index is -3.81. The minimum absolute atomic E-state index is 0.0571. The molecular formula is C12H14ClN3O4S. The Labute approximate surface area is 126 Å². The SMILES string of the molecule is O=S(=O)(c1c(Cl)nc2ccccn12)N1CCOC(CO)C1. The summed E-state index contributed by atoms with van der Waals surface area (Å²) >= 11 is 6.02. The third-order valence-corrected chi connectivity index (χ3v) is 5.60. The van der Waals surface area contributed by atoms with Crippen LogP contribution in [0.15, 0.2) is 29.4 Å². The van der Waals surface area contributed by atoms with Crippen LogP contribution < -0.4 is 0 Å². The van der Waals surface area contributed by atoms with Crippen molar-refractivity contribution >= 4 is 27.3 Å². The molecule has 1 atom stereocenters. The van der Waals surface area contributed by atoms with E-state index in [-0.39, 0.29) is 36.5 Å². The molecule has 2 aromatic rings. The van der Waals surface area contributed by atoms with Crippen molar-refractivity contribution in [1.82, 2.24) is 13.7 Å². The van der Waals surface area contributed by atoms with Gasteiger partial charge in [0.2, 0.25) is 0 Å². The Morgan fingerprint density at radius 3 is 3.05 bits per heavy atom. The monoisotopic (exact) mass is 331 g/mol. The van der Waals surface area contributed by atoms with Crippen molar-refractivity contribution in [3.05, 3.63) is 29.5 Å². The Morgan fingerprint density at radius 1 is 1.48 bits per heavy atom. The number of rotatable bonds is 3. The third kappa shape index (κ3) is 2.53. The van der Waals surface area contributed by atoms with E-state index in [0.717, 1.165) is 0 Å². The van der Waals surface area contributed by atoms with E-state index in [1.807, 2.05) is 0 Å². The number of halogens is 1. The zero-order valence-corrected chi connectivity index (χ0v) is 12.6. The Morgan fingerprint density at radius 2 is 2.29 bits per heavy atom. The van der Waals surface area contributed by atoms with E-state index in [9.17, 15) is 8.42 Å². The molecular weight excluding hydrogens is 318 g/mol. The van der Waals surface area contributed by atoms with Gasteiger partial charge in [-0.2, -0.15) is 4.31 Å². The molecule has 3 heterocycles. The number of aromatic nitrogens is 2. The molecule has 1 saturated heterocycles. The number of hydrogen-bond donors (Lipinski definition) is 1. The maximum Gasteiger partial charge on any atom is 0.262 e. The van der Waals surface area contributed by atoms with Gasteiger partial charge in [0.25, 0.3) is 10.0 Å². The molecule has 21 heavy (non-hydrogen) atoms. The fourth-order valence-corrected chi connectivity index (χ4v) is 4.37. The van der Waals surface area contributed by atoms with Crippen LogP contribution in [-0.4, -0.2) is 59.6 Å². The largest absolute Gasteiger partial charge is 0.394 e. The van der Waals surface area contributed by atoms with Crippen LogP contribution in [0.3, 0.4) is 0 Å². The van der Waals surface area contributed by atoms with Gasteiger partial charge in [0.05, 0.1) is 19.3 Å². The van der Waals surface area contributed by atoms with Crippen molar-refractivity contribution in [3.63, 3.8) is 0 Å². The summed E-state index contributed by atoms with van der Waals surface area (Å²) in [5, 5.41) is 9.02. The zero-order chi connectivity index (χ0) is 15.0. The molecule has 0 amide bonds. The number of nitrogens with zero attached hydrogens (tertiary/aromatic N) is 3. The van der Waals surface area contributed by atoms with Gasteiger partial charge in [-0.15, -0.1) is 0 Å². The van der Waals surface area contributed by atoms with Crippen molar-refractivity contribution in [2.45, 2.75) is 11.1 Å². The van der Waals surface area contributed by atoms with Crippen LogP contribution in [0.1, 0.15) is 0 Å². The van der Waals surface area contributed by atoms with E-state index in [1.54, 1.807) is 24.4 Å². The number of hydrogen-bond acceptors (Lipinski definition) is 5. The van der Waals surface area contributed by atoms with E-state index >= 15 is 0 Å². The van der Waals surface area contributed by atoms with Gasteiger partial charge in [-0.1, -0.05) is 17.7 Å². The highest BCUT2D eigenvalue weighted by Gasteiger charge is 2.34. The first-order valence-electron chi connectivity index (χ1n) is 6.39. The summed E-state index contributed by atoms with van der Waals surface area (Å²) in [7, 11) is -3.81. The van der Waals surface area contributed by atoms with Gasteiger partial charge in [-0.25, -0.2) is 13.4 Å². The Kier molecular flexibility index (Phi) is 3.89. The molecule has 7 nitrogen and oxygen atoms in total. The molecule has 1 fully saturated rings. The summed E-state index contributed by atoms with van der Waals surface area (Å²) in [4.78, 5) is 4.06. The molecule has 0 aliphatic carbocycles. The second-order valence-corrected chi connectivity index (χ2v) is 6.89. The predicted octanol–water partition coefficient (Wildman–Crippen LogP) is 0.369. The van der Waals surface area contributed by atoms with Gasteiger partial charge in [0.15, 0.2) is 10.2 Å². The lowest BCUT2D eigenvalue weighted by molar-refractivity contribution is -0.0305. The van der Waals surface area contributed by atoms with Crippen LogP contribution >= 0.6 is 11.6 Å². The van der Waals surface area contributed by atoms with Gasteiger partial charge >= 0.3 is 0 Å². The number of imidazole rings is 1. The molecule has 1 aliphatic heterocycles. The number of fused-ring (bicyclic) bond motifs is 1. The first-order valence-corrected chi connectivity index (χ1v) is 8.21. The third-order valence-electron chi connectivity index (χ3n) is 3.34. The summed E-state index contributed by atoms with van der Waals surface area (Å²) in [6, 6.07) is 5.15. The molecule has 0 aromatic carbocycles. The molecule has 0 bridgehead atoms. The van der Waals surface area contributed by atoms with E-state index in [4.69, 9.17) is 21.4 Å². The topological polar surface area (TPSA) is 84.1 Å². The molecule has 2 aromatic heterocycles. The fourth-order valence-electron chi connectivity index (χ4n) is 2.32. The predicted molar refractivity (Wildman–Crippen MR) is 75.8 cm³/mol. The number of aliphatic hydroxyl groups is 1. The molecule has 0 saturated carbocycles. The van der Waals surface area contributed by atoms with Crippen LogP contribution in [0.5, 0.6) is 0 Å². The molecule has 1 N–H and O–H groups in total. The average Bonchev–Trinajstić information content (AvgIpc) is 2.83. The lowest BCUT2D eigenvalue weighted by atomic mass is 10.3. The average molecular weight is 332 g/mol. The van der Waals surface area contributed by atoms with E-state index in [0.29, 0.717) is 5.65 Å². The van der Waals surface area contributed by atoms with Crippen LogP contribution in [0.2, 0.25) is 5.15 Å². The van der Waals surface area contributed by atoms with E-state index < -0.39 is 16.1 Å². The van der Waals surface area contributed by atoms with Crippen molar-refractivity contribution in [3.8, 4) is 0 Å². The molecule has 0 radical (unpaired) electrons. The summed E-state index contributed by atoms with van der Waals surface area (Å²) in [6.07, 6.45) is 1.08. The number of sulfonamides is 1. The number of aliphatic hydroxyl groups excluding tert-OH is 1. The van der Waals surface area contributed by atoms with Crippen molar-refractivity contribution in [2.75, 3.05) is 26.3 Å². The van der Waals surface area contributed by atoms with E-state index in [2.05, 4.69) is 4.98 Å². The molecule has 1 unspecified atom stereocenters. The van der Waals surface area contributed by atoms with Crippen LogP contribution in [0.4, 0.5) is 0 Å². The lowest BCUT2D eigenvalue weighted by Crippen LogP contribution is -2.47. The standard InChI is InChI=1S/C12H14ClN3O4S/c13-11-12(16-4-2-1-3-10(16)14-11)21(18,19)15-5-6-20-9(7-15)8-17/h1-4,9,17H,5-8H2. The highest BCUT2D eigenvalue weighted by atomic mass is 35.5. The van der Waals surface area contributed by atoms with Crippen LogP contribution in [0, 0.1) is 0 Å². The first-order chi connectivity index (χ1) is 10.0. The molecule has 9 heteroatoms. The number of morpholine rings is 1. The maximum absolute atomic E-state index is 12.8. The quantitative estimate of drug-likeness (QED) is 0.878. The zero-order valence-electron chi connectivity index (χ0n) is 11.0. The smallest absolute Gasteiger partial charge is 0.262 e. The normalized spacial score (nSPS) is 21.0. The molecule has 1 aliphatic rings. The maximum atomic E-state index is 12.8. The summed E-state index contributed by atoms with van der Waals surface area (Å²) < 4.78 is 33.6. The summed E-state index contributed by atoms with van der Waals surface area (Å²) in [5.41, 5.74) is 0.466. The van der Waals surface area contributed by atoms with Crippen molar-refractivity contribution in [1.29, 1.82) is 0 Å². The molecule has 0 spiro atoms. The van der Waals surface area contributed by atoms with Gasteiger partial charge in [0.1, 0.15) is 5.65 Å². The minimum Gasteiger partial charge on any atom is -0.394 e. The Bertz CT molecular complexity index is 761. The molecule has 3 rings (SSSR count). The fraction of sp³-hybridized carbons (Fsp3) is 0.417. The lowest BCUT2D eigenvalue weighted by Gasteiger charge is -2.30. The van der Waals surface area contributed by atoms with Gasteiger partial charge < -0.3 is 9.84 Å². The number of pyridine rings is 1. The second-order valence-electron chi connectivity index (χ2n) is 4.68. The first kappa shape index (κ1) is 14.7. The summed E-state index contributed by atoms with van der Waals surface area (Å²) in [5.74, 6) is 0. The second kappa shape index (κ2) is 5.54. The number of ether oxygens (including phenoxy) is 1. The van der Waals surface area contributed by atoms with Crippen molar-refractivity contribution in [2.24, 2.45) is 0 Å². The Balaban J connectivity index is 2.06. The highest BCUT2D eigenvalue weighted by molar-refractivity contribution is 7.89. The van der Waals surface area contributed by atoms with Gasteiger partial charge in [0, 0.05) is 19.3 Å². The van der Waals surface area contributed by atoms with Crippen LogP contribution in [0.25, 0.3) is 5.65 Å².